The Kier molecular flexibility index (Phi) is 3.79. The van der Waals surface area contributed by atoms with Gasteiger partial charge in [0.15, 0.2) is 18.9 Å². The van der Waals surface area contributed by atoms with Gasteiger partial charge < -0.3 is 9.67 Å². The molecule has 1 atom stereocenters. The van der Waals surface area contributed by atoms with E-state index in [0.29, 0.717) is 13.1 Å². The first-order valence-corrected chi connectivity index (χ1v) is 8.32. The van der Waals surface area contributed by atoms with E-state index < -0.39 is 6.10 Å². The Bertz CT molecular complexity index is 950. The van der Waals surface area contributed by atoms with E-state index in [-0.39, 0.29) is 0 Å². The molecular formula is C21H21N2O+. The zero-order valence-electron chi connectivity index (χ0n) is 13.8. The number of aryl methyl sites for hydroxylation is 1. The average molecular weight is 317 g/mol. The third-order valence-electron chi connectivity index (χ3n) is 4.50. The van der Waals surface area contributed by atoms with Gasteiger partial charge in [0.2, 0.25) is 0 Å². The van der Waals surface area contributed by atoms with Gasteiger partial charge in [-0.1, -0.05) is 36.4 Å². The molecule has 3 nitrogen and oxygen atoms in total. The Hall–Kier alpha value is -2.65. The van der Waals surface area contributed by atoms with E-state index in [1.807, 2.05) is 16.8 Å². The maximum Gasteiger partial charge on any atom is 0.175 e. The van der Waals surface area contributed by atoms with Gasteiger partial charge in [-0.05, 0) is 25.1 Å². The largest absolute Gasteiger partial charge is 0.385 e. The van der Waals surface area contributed by atoms with Crippen LogP contribution in [0.2, 0.25) is 0 Å². The number of hydrogen-bond acceptors (Lipinski definition) is 1. The van der Waals surface area contributed by atoms with Gasteiger partial charge in [0.25, 0.3) is 0 Å². The topological polar surface area (TPSA) is 29.0 Å². The second-order valence-electron chi connectivity index (χ2n) is 6.38. The lowest BCUT2D eigenvalue weighted by Gasteiger charge is -2.12. The molecule has 0 aliphatic carbocycles. The van der Waals surface area contributed by atoms with Gasteiger partial charge in [0.05, 0.1) is 6.54 Å². The fourth-order valence-corrected chi connectivity index (χ4v) is 3.48. The predicted molar refractivity (Wildman–Crippen MR) is 96.8 cm³/mol. The molecule has 0 amide bonds. The Morgan fingerprint density at radius 1 is 0.917 bits per heavy atom. The van der Waals surface area contributed by atoms with Crippen LogP contribution in [0.1, 0.15) is 5.56 Å². The standard InChI is InChI=1S/C21H21N2O/c1-16-7-6-12-22(13-16)14-17(24)15-23-20-10-4-2-8-18(20)19-9-3-5-11-21(19)23/h2-13,17,24H,14-15H2,1H3/q+1/t17-/m1/s1. The number of pyridine rings is 1. The lowest BCUT2D eigenvalue weighted by Crippen LogP contribution is -2.40. The number of fused-ring (bicyclic) bond motifs is 3. The van der Waals surface area contributed by atoms with E-state index in [4.69, 9.17) is 0 Å². The molecule has 0 fully saturated rings. The summed E-state index contributed by atoms with van der Waals surface area (Å²) in [6, 6.07) is 20.9. The maximum absolute atomic E-state index is 10.6. The number of benzene rings is 2. The van der Waals surface area contributed by atoms with Crippen LogP contribution in [-0.2, 0) is 13.1 Å². The number of rotatable bonds is 4. The van der Waals surface area contributed by atoms with Crippen molar-refractivity contribution in [3.05, 3.63) is 78.6 Å². The van der Waals surface area contributed by atoms with Crippen molar-refractivity contribution in [3.8, 4) is 0 Å². The van der Waals surface area contributed by atoms with Gasteiger partial charge in [-0.25, -0.2) is 4.57 Å². The average Bonchev–Trinajstić information content (AvgIpc) is 2.90. The number of aromatic nitrogens is 2. The summed E-state index contributed by atoms with van der Waals surface area (Å²) in [7, 11) is 0. The fraction of sp³-hybridized carbons (Fsp3) is 0.190. The minimum absolute atomic E-state index is 0.448. The van der Waals surface area contributed by atoms with E-state index in [0.717, 1.165) is 0 Å². The van der Waals surface area contributed by atoms with Crippen LogP contribution in [-0.4, -0.2) is 15.8 Å². The van der Waals surface area contributed by atoms with Gasteiger partial charge in [0.1, 0.15) is 6.10 Å². The molecular weight excluding hydrogens is 296 g/mol. The highest BCUT2D eigenvalue weighted by atomic mass is 16.3. The van der Waals surface area contributed by atoms with Crippen LogP contribution >= 0.6 is 0 Å². The van der Waals surface area contributed by atoms with Crippen LogP contribution < -0.4 is 4.57 Å². The summed E-state index contributed by atoms with van der Waals surface area (Å²) in [5.41, 5.74) is 3.54. The maximum atomic E-state index is 10.6. The van der Waals surface area contributed by atoms with Gasteiger partial charge in [-0.2, -0.15) is 0 Å². The van der Waals surface area contributed by atoms with Crippen LogP contribution in [0, 0.1) is 6.92 Å². The summed E-state index contributed by atoms with van der Waals surface area (Å²) >= 11 is 0. The van der Waals surface area contributed by atoms with E-state index >= 15 is 0 Å². The lowest BCUT2D eigenvalue weighted by molar-refractivity contribution is -0.704. The first-order valence-electron chi connectivity index (χ1n) is 8.32. The highest BCUT2D eigenvalue weighted by molar-refractivity contribution is 6.07. The van der Waals surface area contributed by atoms with Gasteiger partial charge in [0, 0.05) is 33.4 Å². The zero-order valence-corrected chi connectivity index (χ0v) is 13.8. The van der Waals surface area contributed by atoms with Crippen molar-refractivity contribution in [2.45, 2.75) is 26.1 Å². The number of hydrogen-bond donors (Lipinski definition) is 1. The number of aliphatic hydroxyl groups is 1. The van der Waals surface area contributed by atoms with Crippen LogP contribution in [0.25, 0.3) is 21.8 Å². The summed E-state index contributed by atoms with van der Waals surface area (Å²) in [6.07, 6.45) is 3.62. The first kappa shape index (κ1) is 14.9. The van der Waals surface area contributed by atoms with Crippen molar-refractivity contribution in [3.63, 3.8) is 0 Å². The summed E-state index contributed by atoms with van der Waals surface area (Å²) in [5, 5.41) is 13.1. The Morgan fingerprint density at radius 3 is 2.17 bits per heavy atom. The molecule has 0 saturated heterocycles. The van der Waals surface area contributed by atoms with Crippen LogP contribution in [0.5, 0.6) is 0 Å². The third kappa shape index (κ3) is 2.68. The first-order chi connectivity index (χ1) is 11.7. The van der Waals surface area contributed by atoms with Crippen molar-refractivity contribution < 1.29 is 9.67 Å². The molecule has 4 aromatic rings. The molecule has 4 rings (SSSR count). The van der Waals surface area contributed by atoms with Crippen molar-refractivity contribution in [1.29, 1.82) is 0 Å². The normalized spacial score (nSPS) is 12.8. The summed E-state index contributed by atoms with van der Waals surface area (Å²) in [6.45, 7) is 3.23. The van der Waals surface area contributed by atoms with E-state index in [1.165, 1.54) is 27.4 Å². The molecule has 2 aromatic heterocycles. The quantitative estimate of drug-likeness (QED) is 0.574. The van der Waals surface area contributed by atoms with Crippen molar-refractivity contribution in [2.24, 2.45) is 0 Å². The van der Waals surface area contributed by atoms with Crippen LogP contribution in [0.4, 0.5) is 0 Å². The molecule has 0 saturated carbocycles. The van der Waals surface area contributed by atoms with Crippen LogP contribution in [0.15, 0.2) is 73.1 Å². The van der Waals surface area contributed by atoms with E-state index in [1.54, 1.807) is 0 Å². The van der Waals surface area contributed by atoms with Crippen molar-refractivity contribution >= 4 is 21.8 Å². The van der Waals surface area contributed by atoms with Gasteiger partial charge in [-0.15, -0.1) is 0 Å². The molecule has 0 unspecified atom stereocenters. The Balaban J connectivity index is 1.70. The van der Waals surface area contributed by atoms with Gasteiger partial charge >= 0.3 is 0 Å². The summed E-state index contributed by atoms with van der Waals surface area (Å²) < 4.78 is 4.28. The molecule has 24 heavy (non-hydrogen) atoms. The highest BCUT2D eigenvalue weighted by Crippen LogP contribution is 2.28. The molecule has 0 spiro atoms. The molecule has 2 aromatic carbocycles. The van der Waals surface area contributed by atoms with Gasteiger partial charge in [-0.3, -0.25) is 0 Å². The SMILES string of the molecule is Cc1ccc[n+](C[C@@H](O)Cn2c3ccccc3c3ccccc32)c1. The van der Waals surface area contributed by atoms with Crippen molar-refractivity contribution in [2.75, 3.05) is 0 Å². The summed E-state index contributed by atoms with van der Waals surface area (Å²) in [4.78, 5) is 0. The molecule has 1 N–H and O–H groups in total. The monoisotopic (exact) mass is 317 g/mol. The third-order valence-corrected chi connectivity index (χ3v) is 4.50. The molecule has 2 heterocycles. The number of para-hydroxylation sites is 2. The lowest BCUT2D eigenvalue weighted by atomic mass is 10.2. The molecule has 0 bridgehead atoms. The molecule has 3 heteroatoms. The Morgan fingerprint density at radius 2 is 1.54 bits per heavy atom. The second-order valence-corrected chi connectivity index (χ2v) is 6.38. The second kappa shape index (κ2) is 6.10. The molecule has 120 valence electrons. The van der Waals surface area contributed by atoms with E-state index in [2.05, 4.69) is 72.3 Å². The zero-order chi connectivity index (χ0) is 16.5. The van der Waals surface area contributed by atoms with E-state index in [9.17, 15) is 5.11 Å². The predicted octanol–water partition coefficient (Wildman–Crippen LogP) is 3.45. The number of aliphatic hydroxyl groups excluding tert-OH is 1. The molecule has 0 aliphatic rings. The fourth-order valence-electron chi connectivity index (χ4n) is 3.48. The minimum Gasteiger partial charge on any atom is -0.385 e. The highest BCUT2D eigenvalue weighted by Gasteiger charge is 2.16. The number of nitrogens with zero attached hydrogens (tertiary/aromatic N) is 2. The molecule has 0 radical (unpaired) electrons. The smallest absolute Gasteiger partial charge is 0.175 e. The summed E-state index contributed by atoms with van der Waals surface area (Å²) in [5.74, 6) is 0. The molecule has 0 aliphatic heterocycles. The minimum atomic E-state index is -0.448. The Labute approximate surface area is 141 Å². The van der Waals surface area contributed by atoms with Crippen molar-refractivity contribution in [1.82, 2.24) is 4.57 Å². The van der Waals surface area contributed by atoms with Crippen LogP contribution in [0.3, 0.4) is 0 Å².